The standard InChI is InChI=1S/C17H16F3N3O4/c1-9-8-11(26-22-9)4-3-7-25-13-6-5-12(14(24)10(13)2)15-21-16(27-23-15)17(18,19)20/h5-6,8,24H,3-4,7H2,1-2H3. The zero-order valence-electron chi connectivity index (χ0n) is 14.5. The Bertz CT molecular complexity index is 934. The molecule has 0 radical (unpaired) electrons. The molecule has 3 rings (SSSR count). The second-order valence-electron chi connectivity index (χ2n) is 5.89. The molecular weight excluding hydrogens is 367 g/mol. The summed E-state index contributed by atoms with van der Waals surface area (Å²) in [5, 5.41) is 17.3. The molecule has 10 heteroatoms. The van der Waals surface area contributed by atoms with Crippen molar-refractivity contribution in [3.05, 3.63) is 41.1 Å². The number of aryl methyl sites for hydroxylation is 2. The minimum atomic E-state index is -4.75. The van der Waals surface area contributed by atoms with Crippen molar-refractivity contribution in [3.63, 3.8) is 0 Å². The van der Waals surface area contributed by atoms with Gasteiger partial charge in [0.1, 0.15) is 17.3 Å². The number of aromatic nitrogens is 3. The van der Waals surface area contributed by atoms with Gasteiger partial charge in [0.2, 0.25) is 5.82 Å². The van der Waals surface area contributed by atoms with E-state index in [0.717, 1.165) is 11.5 Å². The Kier molecular flexibility index (Phi) is 5.06. The highest BCUT2D eigenvalue weighted by Crippen LogP contribution is 2.37. The van der Waals surface area contributed by atoms with E-state index in [1.165, 1.54) is 12.1 Å². The van der Waals surface area contributed by atoms with Gasteiger partial charge in [-0.2, -0.15) is 18.2 Å². The van der Waals surface area contributed by atoms with Crippen molar-refractivity contribution in [3.8, 4) is 22.9 Å². The van der Waals surface area contributed by atoms with E-state index in [0.29, 0.717) is 30.8 Å². The van der Waals surface area contributed by atoms with Gasteiger partial charge in [-0.25, -0.2) is 0 Å². The van der Waals surface area contributed by atoms with Crippen molar-refractivity contribution < 1.29 is 32.1 Å². The van der Waals surface area contributed by atoms with Crippen LogP contribution in [0, 0.1) is 13.8 Å². The van der Waals surface area contributed by atoms with Gasteiger partial charge in [-0.15, -0.1) is 0 Å². The summed E-state index contributed by atoms with van der Waals surface area (Å²) in [6, 6.07) is 4.75. The third-order valence-corrected chi connectivity index (χ3v) is 3.79. The molecule has 2 heterocycles. The van der Waals surface area contributed by atoms with E-state index >= 15 is 0 Å². The maximum atomic E-state index is 12.6. The van der Waals surface area contributed by atoms with Gasteiger partial charge in [-0.1, -0.05) is 10.3 Å². The summed E-state index contributed by atoms with van der Waals surface area (Å²) >= 11 is 0. The third kappa shape index (κ3) is 4.21. The van der Waals surface area contributed by atoms with Crippen molar-refractivity contribution in [1.82, 2.24) is 15.3 Å². The summed E-state index contributed by atoms with van der Waals surface area (Å²) in [4.78, 5) is 3.27. The topological polar surface area (TPSA) is 94.4 Å². The van der Waals surface area contributed by atoms with Crippen molar-refractivity contribution >= 4 is 0 Å². The quantitative estimate of drug-likeness (QED) is 0.641. The van der Waals surface area contributed by atoms with E-state index in [4.69, 9.17) is 9.26 Å². The van der Waals surface area contributed by atoms with Crippen LogP contribution >= 0.6 is 0 Å². The number of benzene rings is 1. The lowest BCUT2D eigenvalue weighted by atomic mass is 10.1. The number of halogens is 3. The van der Waals surface area contributed by atoms with Gasteiger partial charge in [-0.3, -0.25) is 0 Å². The van der Waals surface area contributed by atoms with Crippen LogP contribution in [0.3, 0.4) is 0 Å². The maximum absolute atomic E-state index is 12.6. The second kappa shape index (κ2) is 7.29. The molecule has 2 aromatic heterocycles. The molecule has 0 aliphatic rings. The number of aromatic hydroxyl groups is 1. The van der Waals surface area contributed by atoms with Gasteiger partial charge in [0.25, 0.3) is 0 Å². The smallest absolute Gasteiger partial charge is 0.471 e. The van der Waals surface area contributed by atoms with Gasteiger partial charge >= 0.3 is 12.1 Å². The summed E-state index contributed by atoms with van der Waals surface area (Å²) in [6.07, 6.45) is -3.44. The third-order valence-electron chi connectivity index (χ3n) is 3.79. The number of ether oxygens (including phenoxy) is 1. The highest BCUT2D eigenvalue weighted by molar-refractivity contribution is 5.68. The zero-order chi connectivity index (χ0) is 19.6. The molecule has 0 amide bonds. The van der Waals surface area contributed by atoms with Crippen molar-refractivity contribution in [2.24, 2.45) is 0 Å². The number of nitrogens with zero attached hydrogens (tertiary/aromatic N) is 3. The summed E-state index contributed by atoms with van der Waals surface area (Å²) in [5.74, 6) is -0.936. The van der Waals surface area contributed by atoms with E-state index in [9.17, 15) is 18.3 Å². The van der Waals surface area contributed by atoms with E-state index in [1.54, 1.807) is 6.92 Å². The second-order valence-corrected chi connectivity index (χ2v) is 5.89. The SMILES string of the molecule is Cc1cc(CCCOc2ccc(-c3noc(C(F)(F)F)n3)c(O)c2C)on1. The summed E-state index contributed by atoms with van der Waals surface area (Å²) in [5.41, 5.74) is 1.19. The molecule has 1 N–H and O–H groups in total. The van der Waals surface area contributed by atoms with Gasteiger partial charge in [0, 0.05) is 18.1 Å². The fourth-order valence-corrected chi connectivity index (χ4v) is 2.43. The molecule has 27 heavy (non-hydrogen) atoms. The minimum Gasteiger partial charge on any atom is -0.507 e. The minimum absolute atomic E-state index is 0.0243. The van der Waals surface area contributed by atoms with Gasteiger partial charge in [0.05, 0.1) is 17.9 Å². The number of rotatable bonds is 6. The number of alkyl halides is 3. The molecule has 1 aromatic carbocycles. The molecule has 0 saturated carbocycles. The summed E-state index contributed by atoms with van der Waals surface area (Å²) in [7, 11) is 0. The fourth-order valence-electron chi connectivity index (χ4n) is 2.43. The van der Waals surface area contributed by atoms with Crippen molar-refractivity contribution in [1.29, 1.82) is 0 Å². The van der Waals surface area contributed by atoms with Crippen LogP contribution in [-0.2, 0) is 12.6 Å². The highest BCUT2D eigenvalue weighted by atomic mass is 19.4. The summed E-state index contributed by atoms with van der Waals surface area (Å²) in [6.45, 7) is 3.77. The molecule has 0 atom stereocenters. The van der Waals surface area contributed by atoms with Crippen LogP contribution in [-0.4, -0.2) is 27.0 Å². The first-order valence-electron chi connectivity index (χ1n) is 8.04. The largest absolute Gasteiger partial charge is 0.507 e. The van der Waals surface area contributed by atoms with Crippen LogP contribution in [0.2, 0.25) is 0 Å². The van der Waals surface area contributed by atoms with E-state index < -0.39 is 12.1 Å². The zero-order valence-corrected chi connectivity index (χ0v) is 14.5. The highest BCUT2D eigenvalue weighted by Gasteiger charge is 2.38. The first-order valence-corrected chi connectivity index (χ1v) is 8.04. The Balaban J connectivity index is 1.66. The van der Waals surface area contributed by atoms with Crippen molar-refractivity contribution in [2.45, 2.75) is 32.9 Å². The molecule has 0 unspecified atom stereocenters. The molecule has 3 aromatic rings. The number of phenolic OH excluding ortho intramolecular Hbond substituents is 1. The average Bonchev–Trinajstić information content (AvgIpc) is 3.24. The Morgan fingerprint density at radius 1 is 1.15 bits per heavy atom. The lowest BCUT2D eigenvalue weighted by Gasteiger charge is -2.11. The predicted molar refractivity (Wildman–Crippen MR) is 86.2 cm³/mol. The number of phenols is 1. The van der Waals surface area contributed by atoms with Crippen LogP contribution < -0.4 is 4.74 Å². The van der Waals surface area contributed by atoms with Crippen molar-refractivity contribution in [2.75, 3.05) is 6.61 Å². The van der Waals surface area contributed by atoms with Gasteiger partial charge in [0.15, 0.2) is 0 Å². The van der Waals surface area contributed by atoms with E-state index in [-0.39, 0.29) is 17.1 Å². The lowest BCUT2D eigenvalue weighted by molar-refractivity contribution is -0.159. The average molecular weight is 383 g/mol. The fraction of sp³-hybridized carbons (Fsp3) is 0.353. The van der Waals surface area contributed by atoms with Gasteiger partial charge < -0.3 is 18.9 Å². The van der Waals surface area contributed by atoms with Crippen LogP contribution in [0.4, 0.5) is 13.2 Å². The Morgan fingerprint density at radius 2 is 1.93 bits per heavy atom. The van der Waals surface area contributed by atoms with Crippen LogP contribution in [0.5, 0.6) is 11.5 Å². The molecule has 0 bridgehead atoms. The Hall–Kier alpha value is -3.04. The molecule has 0 saturated heterocycles. The van der Waals surface area contributed by atoms with Gasteiger partial charge in [-0.05, 0) is 32.4 Å². The van der Waals surface area contributed by atoms with Crippen LogP contribution in [0.1, 0.15) is 29.3 Å². The first kappa shape index (κ1) is 18.7. The lowest BCUT2D eigenvalue weighted by Crippen LogP contribution is -2.05. The van der Waals surface area contributed by atoms with E-state index in [1.807, 2.05) is 13.0 Å². The molecule has 7 nitrogen and oxygen atoms in total. The summed E-state index contributed by atoms with van der Waals surface area (Å²) < 4.78 is 52.6. The normalized spacial score (nSPS) is 11.7. The van der Waals surface area contributed by atoms with Crippen LogP contribution in [0.15, 0.2) is 27.2 Å². The Morgan fingerprint density at radius 3 is 2.56 bits per heavy atom. The molecule has 144 valence electrons. The maximum Gasteiger partial charge on any atom is 0.471 e. The molecule has 0 fully saturated rings. The molecule has 0 aliphatic carbocycles. The molecular formula is C17H16F3N3O4. The van der Waals surface area contributed by atoms with Crippen LogP contribution in [0.25, 0.3) is 11.4 Å². The molecule has 0 spiro atoms. The van der Waals surface area contributed by atoms with E-state index in [2.05, 4.69) is 19.8 Å². The Labute approximate surface area is 151 Å². The number of hydrogen-bond acceptors (Lipinski definition) is 7. The first-order chi connectivity index (χ1) is 12.8. The number of hydrogen-bond donors (Lipinski definition) is 1. The predicted octanol–water partition coefficient (Wildman–Crippen LogP) is 4.08. The molecule has 0 aliphatic heterocycles. The monoisotopic (exact) mass is 383 g/mol.